The summed E-state index contributed by atoms with van der Waals surface area (Å²) in [6.07, 6.45) is -1.09. The van der Waals surface area contributed by atoms with Crippen molar-refractivity contribution >= 4 is 16.1 Å². The van der Waals surface area contributed by atoms with Gasteiger partial charge in [0.25, 0.3) is 0 Å². The Bertz CT molecular complexity index is 357. The van der Waals surface area contributed by atoms with Crippen LogP contribution in [0.1, 0.15) is 6.42 Å². The van der Waals surface area contributed by atoms with Crippen LogP contribution in [0.15, 0.2) is 0 Å². The molecule has 2 N–H and O–H groups in total. The van der Waals surface area contributed by atoms with Gasteiger partial charge in [-0.15, -0.1) is 3.89 Å². The summed E-state index contributed by atoms with van der Waals surface area (Å²) in [7, 11) is -4.58. The van der Waals surface area contributed by atoms with Crippen molar-refractivity contribution < 1.29 is 27.3 Å². The zero-order chi connectivity index (χ0) is 12.3. The maximum absolute atomic E-state index is 12.4. The van der Waals surface area contributed by atoms with E-state index in [9.17, 15) is 17.1 Å². The van der Waals surface area contributed by atoms with E-state index in [1.54, 1.807) is 0 Å². The fourth-order valence-corrected chi connectivity index (χ4v) is 2.52. The number of aliphatic hydroxyl groups excluding tert-OH is 2. The number of β-amino-alcohol motifs (C(OH)–C–C–N with tert-alkyl or cyclic N) is 1. The van der Waals surface area contributed by atoms with Crippen LogP contribution in [0.2, 0.25) is 0 Å². The minimum Gasteiger partial charge on any atom is -0.394 e. The van der Waals surface area contributed by atoms with E-state index in [1.807, 2.05) is 0 Å². The smallest absolute Gasteiger partial charge is 0.302 e. The normalized spacial score (nSPS) is 23.8. The monoisotopic (exact) mass is 255 g/mol. The number of aliphatic hydroxyl groups is 2. The zero-order valence-corrected chi connectivity index (χ0v) is 9.36. The molecule has 0 bridgehead atoms. The summed E-state index contributed by atoms with van der Waals surface area (Å²) in [5.41, 5.74) is 0. The molecule has 0 spiro atoms. The maximum Gasteiger partial charge on any atom is 0.302 e. The summed E-state index contributed by atoms with van der Waals surface area (Å²) in [6, 6.07) is 0. The quantitative estimate of drug-likeness (QED) is 0.582. The van der Waals surface area contributed by atoms with Crippen molar-refractivity contribution in [2.45, 2.75) is 12.5 Å². The van der Waals surface area contributed by atoms with Crippen molar-refractivity contribution in [3.63, 3.8) is 0 Å². The van der Waals surface area contributed by atoms with E-state index in [0.29, 0.717) is 0 Å². The molecule has 1 amide bonds. The van der Waals surface area contributed by atoms with Crippen molar-refractivity contribution in [2.75, 3.05) is 25.4 Å². The van der Waals surface area contributed by atoms with Crippen molar-refractivity contribution in [3.05, 3.63) is 0 Å². The summed E-state index contributed by atoms with van der Waals surface area (Å²) in [5, 5.41) is 17.7. The average Bonchev–Trinajstić information content (AvgIpc) is 2.43. The second-order valence-corrected chi connectivity index (χ2v) is 5.32. The molecule has 1 aliphatic rings. The molecule has 1 unspecified atom stereocenters. The van der Waals surface area contributed by atoms with E-state index >= 15 is 0 Å². The van der Waals surface area contributed by atoms with Crippen molar-refractivity contribution in [3.8, 4) is 0 Å². The van der Waals surface area contributed by atoms with Gasteiger partial charge in [-0.1, -0.05) is 0 Å². The number of rotatable bonds is 5. The average molecular weight is 255 g/mol. The minimum atomic E-state index is -4.58. The Morgan fingerprint density at radius 1 is 1.56 bits per heavy atom. The highest BCUT2D eigenvalue weighted by Crippen LogP contribution is 2.20. The van der Waals surface area contributed by atoms with Crippen LogP contribution in [-0.2, 0) is 15.0 Å². The van der Waals surface area contributed by atoms with Gasteiger partial charge in [-0.3, -0.25) is 4.79 Å². The number of hydrogen-bond donors (Lipinski definition) is 2. The molecule has 0 radical (unpaired) electrons. The SMILES string of the molecule is O=C1CC(CS(=O)(=O)F)CN1C[C@@H](O)CO. The predicted molar refractivity (Wildman–Crippen MR) is 52.7 cm³/mol. The molecule has 1 heterocycles. The fourth-order valence-electron chi connectivity index (χ4n) is 1.74. The highest BCUT2D eigenvalue weighted by atomic mass is 32.3. The molecule has 0 aliphatic carbocycles. The predicted octanol–water partition coefficient (Wildman–Crippen LogP) is -1.51. The third-order valence-electron chi connectivity index (χ3n) is 2.37. The summed E-state index contributed by atoms with van der Waals surface area (Å²) in [5.74, 6) is -1.58. The van der Waals surface area contributed by atoms with Gasteiger partial charge in [-0.25, -0.2) is 0 Å². The minimum absolute atomic E-state index is 0.0404. The summed E-state index contributed by atoms with van der Waals surface area (Å²) >= 11 is 0. The number of hydrogen-bond acceptors (Lipinski definition) is 5. The van der Waals surface area contributed by atoms with E-state index < -0.39 is 34.6 Å². The molecule has 0 saturated carbocycles. The van der Waals surface area contributed by atoms with Gasteiger partial charge >= 0.3 is 10.2 Å². The molecule has 0 aromatic carbocycles. The Morgan fingerprint density at radius 3 is 2.69 bits per heavy atom. The van der Waals surface area contributed by atoms with Gasteiger partial charge in [0.1, 0.15) is 0 Å². The largest absolute Gasteiger partial charge is 0.394 e. The molecule has 94 valence electrons. The molecule has 1 saturated heterocycles. The van der Waals surface area contributed by atoms with Crippen LogP contribution in [0.3, 0.4) is 0 Å². The van der Waals surface area contributed by atoms with Crippen molar-refractivity contribution in [1.82, 2.24) is 4.90 Å². The molecule has 6 nitrogen and oxygen atoms in total. The van der Waals surface area contributed by atoms with Crippen molar-refractivity contribution in [1.29, 1.82) is 0 Å². The molecule has 1 fully saturated rings. The standard InChI is InChI=1S/C8H14FNO5S/c9-16(14,15)5-6-1-8(13)10(2-6)3-7(12)4-11/h6-7,11-12H,1-5H2/t6?,7-/m1/s1. The fraction of sp³-hybridized carbons (Fsp3) is 0.875. The van der Waals surface area contributed by atoms with Crippen LogP contribution >= 0.6 is 0 Å². The summed E-state index contributed by atoms with van der Waals surface area (Å²) in [4.78, 5) is 12.6. The first-order valence-corrected chi connectivity index (χ1v) is 6.36. The van der Waals surface area contributed by atoms with Crippen LogP contribution in [0.4, 0.5) is 3.89 Å². The Balaban J connectivity index is 2.51. The number of carbonyl (C=O) groups is 1. The number of likely N-dealkylation sites (tertiary alicyclic amines) is 1. The van der Waals surface area contributed by atoms with Crippen molar-refractivity contribution in [2.24, 2.45) is 5.92 Å². The Hall–Kier alpha value is -0.730. The topological polar surface area (TPSA) is 94.9 Å². The Morgan fingerprint density at radius 2 is 2.19 bits per heavy atom. The lowest BCUT2D eigenvalue weighted by molar-refractivity contribution is -0.129. The zero-order valence-electron chi connectivity index (χ0n) is 8.54. The highest BCUT2D eigenvalue weighted by molar-refractivity contribution is 7.86. The summed E-state index contributed by atoms with van der Waals surface area (Å²) in [6.45, 7) is -0.437. The maximum atomic E-state index is 12.4. The van der Waals surface area contributed by atoms with Gasteiger partial charge < -0.3 is 15.1 Å². The second-order valence-electron chi connectivity index (χ2n) is 3.91. The van der Waals surface area contributed by atoms with Gasteiger partial charge in [-0.05, 0) is 0 Å². The van der Waals surface area contributed by atoms with Gasteiger partial charge in [0, 0.05) is 25.4 Å². The van der Waals surface area contributed by atoms with E-state index in [0.717, 1.165) is 0 Å². The lowest BCUT2D eigenvalue weighted by atomic mass is 10.1. The first-order chi connectivity index (χ1) is 7.31. The molecular formula is C8H14FNO5S. The lowest BCUT2D eigenvalue weighted by Crippen LogP contribution is -2.35. The number of carbonyl (C=O) groups excluding carboxylic acids is 1. The number of amides is 1. The van der Waals surface area contributed by atoms with Crippen LogP contribution in [-0.4, -0.2) is 61.0 Å². The van der Waals surface area contributed by atoms with Crippen LogP contribution in [0.5, 0.6) is 0 Å². The van der Waals surface area contributed by atoms with E-state index in [2.05, 4.69) is 0 Å². The van der Waals surface area contributed by atoms with E-state index in [1.165, 1.54) is 4.90 Å². The molecule has 1 aliphatic heterocycles. The first kappa shape index (κ1) is 13.3. The van der Waals surface area contributed by atoms with Crippen LogP contribution < -0.4 is 0 Å². The third kappa shape index (κ3) is 4.03. The van der Waals surface area contributed by atoms with E-state index in [4.69, 9.17) is 10.2 Å². The second kappa shape index (κ2) is 5.07. The lowest BCUT2D eigenvalue weighted by Gasteiger charge is -2.18. The first-order valence-electron chi connectivity index (χ1n) is 4.81. The Kier molecular flexibility index (Phi) is 4.22. The molecule has 1 rings (SSSR count). The molecule has 2 atom stereocenters. The van der Waals surface area contributed by atoms with Gasteiger partial charge in [0.05, 0.1) is 18.5 Å². The third-order valence-corrected chi connectivity index (χ3v) is 3.24. The molecule has 0 aromatic heterocycles. The Labute approximate surface area is 92.9 Å². The van der Waals surface area contributed by atoms with E-state index in [-0.39, 0.29) is 25.4 Å². The van der Waals surface area contributed by atoms with Crippen LogP contribution in [0.25, 0.3) is 0 Å². The van der Waals surface area contributed by atoms with Gasteiger partial charge in [-0.2, -0.15) is 8.42 Å². The molecule has 8 heteroatoms. The van der Waals surface area contributed by atoms with Gasteiger partial charge in [0.2, 0.25) is 5.91 Å². The highest BCUT2D eigenvalue weighted by Gasteiger charge is 2.33. The summed E-state index contributed by atoms with van der Waals surface area (Å²) < 4.78 is 33.2. The molecular weight excluding hydrogens is 241 g/mol. The van der Waals surface area contributed by atoms with Crippen LogP contribution in [0, 0.1) is 5.92 Å². The number of halogens is 1. The molecule has 16 heavy (non-hydrogen) atoms. The molecule has 0 aromatic rings. The van der Waals surface area contributed by atoms with Gasteiger partial charge in [0.15, 0.2) is 0 Å². The number of nitrogens with zero attached hydrogens (tertiary/aromatic N) is 1.